The molecule has 4 nitrogen and oxygen atoms in total. The average molecular weight is 256 g/mol. The van der Waals surface area contributed by atoms with E-state index in [1.165, 1.54) is 6.08 Å². The van der Waals surface area contributed by atoms with E-state index in [2.05, 4.69) is 0 Å². The fourth-order valence-electron chi connectivity index (χ4n) is 2.15. The normalized spacial score (nSPS) is 32.5. The van der Waals surface area contributed by atoms with Crippen molar-refractivity contribution in [3.8, 4) is 0 Å². The first kappa shape index (κ1) is 12.3. The number of rotatable bonds is 2. The fourth-order valence-corrected chi connectivity index (χ4v) is 2.37. The highest BCUT2D eigenvalue weighted by Gasteiger charge is 2.39. The number of halogens is 1. The van der Waals surface area contributed by atoms with Gasteiger partial charge >= 0.3 is 5.97 Å². The molecule has 0 aromatic carbocycles. The molecule has 17 heavy (non-hydrogen) atoms. The summed E-state index contributed by atoms with van der Waals surface area (Å²) in [5.41, 5.74) is 6.00. The lowest BCUT2D eigenvalue weighted by molar-refractivity contribution is -0.137. The number of ether oxygens (including phenoxy) is 1. The van der Waals surface area contributed by atoms with E-state index in [9.17, 15) is 9.59 Å². The quantitative estimate of drug-likeness (QED) is 0.594. The molecular formula is C12H14ClNO3. The summed E-state index contributed by atoms with van der Waals surface area (Å²) in [5.74, 6) is -0.385. The summed E-state index contributed by atoms with van der Waals surface area (Å²) in [6, 6.07) is 0. The first-order valence-electron chi connectivity index (χ1n) is 5.57. The second-order valence-corrected chi connectivity index (χ2v) is 4.83. The molecule has 1 aliphatic heterocycles. The number of hydrogen-bond donors (Lipinski definition) is 1. The number of fused-ring (bicyclic) bond motifs is 1. The van der Waals surface area contributed by atoms with Crippen LogP contribution in [0.1, 0.15) is 13.3 Å². The summed E-state index contributed by atoms with van der Waals surface area (Å²) in [7, 11) is 0. The van der Waals surface area contributed by atoms with Gasteiger partial charge in [0.15, 0.2) is 5.78 Å². The molecule has 0 fully saturated rings. The predicted octanol–water partition coefficient (Wildman–Crippen LogP) is 1.14. The molecule has 0 aromatic heterocycles. The molecule has 0 saturated carbocycles. The monoisotopic (exact) mass is 255 g/mol. The molecule has 2 aliphatic rings. The summed E-state index contributed by atoms with van der Waals surface area (Å²) >= 11 is 6.01. The number of esters is 1. The Morgan fingerprint density at radius 1 is 1.47 bits per heavy atom. The van der Waals surface area contributed by atoms with Crippen LogP contribution >= 0.6 is 11.6 Å². The summed E-state index contributed by atoms with van der Waals surface area (Å²) in [6.07, 6.45) is 3.64. The van der Waals surface area contributed by atoms with Gasteiger partial charge in [-0.3, -0.25) is 4.79 Å². The molecule has 0 bridgehead atoms. The first-order chi connectivity index (χ1) is 8.04. The minimum absolute atomic E-state index is 0.0787. The van der Waals surface area contributed by atoms with Crippen LogP contribution in [-0.4, -0.2) is 23.7 Å². The first-order valence-corrected chi connectivity index (χ1v) is 6.00. The topological polar surface area (TPSA) is 69.4 Å². The van der Waals surface area contributed by atoms with Gasteiger partial charge in [0.25, 0.3) is 0 Å². The molecule has 5 heteroatoms. The Hall–Kier alpha value is -1.13. The highest BCUT2D eigenvalue weighted by molar-refractivity contribution is 6.33. The van der Waals surface area contributed by atoms with E-state index in [4.69, 9.17) is 22.1 Å². The van der Waals surface area contributed by atoms with Crippen LogP contribution in [0.15, 0.2) is 23.5 Å². The van der Waals surface area contributed by atoms with Crippen LogP contribution in [0.25, 0.3) is 0 Å². The maximum absolute atomic E-state index is 11.6. The molecule has 0 spiro atoms. The van der Waals surface area contributed by atoms with Crippen molar-refractivity contribution in [1.29, 1.82) is 0 Å². The van der Waals surface area contributed by atoms with Crippen molar-refractivity contribution in [2.75, 3.05) is 6.54 Å². The van der Waals surface area contributed by atoms with Gasteiger partial charge in [0.05, 0.1) is 5.38 Å². The van der Waals surface area contributed by atoms with Gasteiger partial charge in [-0.2, -0.15) is 0 Å². The molecule has 0 saturated heterocycles. The average Bonchev–Trinajstić information content (AvgIpc) is 2.29. The summed E-state index contributed by atoms with van der Waals surface area (Å²) < 4.78 is 5.16. The lowest BCUT2D eigenvalue weighted by Crippen LogP contribution is -2.36. The molecule has 3 unspecified atom stereocenters. The van der Waals surface area contributed by atoms with Crippen molar-refractivity contribution in [1.82, 2.24) is 0 Å². The van der Waals surface area contributed by atoms with E-state index in [1.54, 1.807) is 0 Å². The smallest absolute Gasteiger partial charge is 0.338 e. The van der Waals surface area contributed by atoms with Crippen molar-refractivity contribution in [2.45, 2.75) is 18.7 Å². The molecule has 1 aliphatic carbocycles. The van der Waals surface area contributed by atoms with E-state index in [-0.39, 0.29) is 17.6 Å². The molecule has 2 rings (SSSR count). The highest BCUT2D eigenvalue weighted by Crippen LogP contribution is 2.37. The van der Waals surface area contributed by atoms with Gasteiger partial charge in [-0.1, -0.05) is 13.0 Å². The lowest BCUT2D eigenvalue weighted by Gasteiger charge is -2.33. The van der Waals surface area contributed by atoms with Gasteiger partial charge in [0.2, 0.25) is 0 Å². The van der Waals surface area contributed by atoms with Crippen LogP contribution in [0.3, 0.4) is 0 Å². The third-order valence-electron chi connectivity index (χ3n) is 3.18. The number of ketones is 1. The highest BCUT2D eigenvalue weighted by atomic mass is 35.5. The van der Waals surface area contributed by atoms with Crippen LogP contribution in [0, 0.1) is 11.8 Å². The second-order valence-electron chi connectivity index (χ2n) is 4.36. The van der Waals surface area contributed by atoms with Gasteiger partial charge in [0, 0.05) is 17.6 Å². The van der Waals surface area contributed by atoms with Crippen molar-refractivity contribution in [2.24, 2.45) is 17.6 Å². The number of carbonyl (C=O) groups is 2. The third-order valence-corrected chi connectivity index (χ3v) is 3.79. The third kappa shape index (κ3) is 2.15. The van der Waals surface area contributed by atoms with Crippen molar-refractivity contribution >= 4 is 23.4 Å². The minimum Gasteiger partial charge on any atom is -0.427 e. The zero-order valence-electron chi connectivity index (χ0n) is 9.48. The van der Waals surface area contributed by atoms with Gasteiger partial charge in [-0.25, -0.2) is 4.79 Å². The molecule has 2 N–H and O–H groups in total. The number of nitrogens with two attached hydrogens (primary N) is 1. The standard InChI is InChI=1S/C12H14ClNO3/c1-6-8-4-7(2-3-14)12(16)17-10(8)5-9(15)11(6)13/h4-6,8,11H,2-3,14H2,1H3. The Morgan fingerprint density at radius 2 is 2.18 bits per heavy atom. The summed E-state index contributed by atoms with van der Waals surface area (Å²) in [6.45, 7) is 2.27. The molecule has 0 aromatic rings. The zero-order valence-corrected chi connectivity index (χ0v) is 10.2. The van der Waals surface area contributed by atoms with E-state index in [0.29, 0.717) is 24.3 Å². The summed E-state index contributed by atoms with van der Waals surface area (Å²) in [5, 5.41) is -0.559. The van der Waals surface area contributed by atoms with E-state index in [0.717, 1.165) is 0 Å². The van der Waals surface area contributed by atoms with Crippen molar-refractivity contribution < 1.29 is 14.3 Å². The van der Waals surface area contributed by atoms with Crippen LogP contribution in [-0.2, 0) is 14.3 Å². The van der Waals surface area contributed by atoms with E-state index < -0.39 is 11.3 Å². The number of alkyl halides is 1. The molecule has 0 amide bonds. The van der Waals surface area contributed by atoms with Gasteiger partial charge in [0.1, 0.15) is 5.76 Å². The van der Waals surface area contributed by atoms with Gasteiger partial charge < -0.3 is 10.5 Å². The van der Waals surface area contributed by atoms with Crippen LogP contribution in [0.2, 0.25) is 0 Å². The molecule has 3 atom stereocenters. The Kier molecular flexibility index (Phi) is 3.35. The van der Waals surface area contributed by atoms with Crippen LogP contribution in [0.4, 0.5) is 0 Å². The molecular weight excluding hydrogens is 242 g/mol. The number of hydrogen-bond acceptors (Lipinski definition) is 4. The van der Waals surface area contributed by atoms with Crippen LogP contribution < -0.4 is 5.73 Å². The Morgan fingerprint density at radius 3 is 2.82 bits per heavy atom. The lowest BCUT2D eigenvalue weighted by atomic mass is 9.80. The maximum atomic E-state index is 11.6. The Balaban J connectivity index is 2.35. The molecule has 1 heterocycles. The van der Waals surface area contributed by atoms with Crippen molar-refractivity contribution in [3.63, 3.8) is 0 Å². The maximum Gasteiger partial charge on any atom is 0.338 e. The van der Waals surface area contributed by atoms with E-state index >= 15 is 0 Å². The fraction of sp³-hybridized carbons (Fsp3) is 0.500. The Labute approximate surface area is 104 Å². The number of carbonyl (C=O) groups excluding carboxylic acids is 2. The number of allylic oxidation sites excluding steroid dienone is 2. The zero-order chi connectivity index (χ0) is 12.6. The summed E-state index contributed by atoms with van der Waals surface area (Å²) in [4.78, 5) is 23.1. The predicted molar refractivity (Wildman–Crippen MR) is 63.2 cm³/mol. The SMILES string of the molecule is CC1C(Cl)C(=O)C=C2OC(=O)C(CCN)=CC21. The largest absolute Gasteiger partial charge is 0.427 e. The van der Waals surface area contributed by atoms with Crippen LogP contribution in [0.5, 0.6) is 0 Å². The van der Waals surface area contributed by atoms with Gasteiger partial charge in [-0.05, 0) is 18.9 Å². The molecule has 0 radical (unpaired) electrons. The van der Waals surface area contributed by atoms with E-state index in [1.807, 2.05) is 13.0 Å². The second kappa shape index (κ2) is 4.63. The van der Waals surface area contributed by atoms with Gasteiger partial charge in [-0.15, -0.1) is 11.6 Å². The molecule has 92 valence electrons. The Bertz CT molecular complexity index is 427. The minimum atomic E-state index is -0.559. The van der Waals surface area contributed by atoms with Crippen molar-refractivity contribution in [3.05, 3.63) is 23.5 Å².